The van der Waals surface area contributed by atoms with E-state index in [1.54, 1.807) is 38.5 Å². The van der Waals surface area contributed by atoms with Crippen molar-refractivity contribution in [1.82, 2.24) is 15.0 Å². The van der Waals surface area contributed by atoms with E-state index >= 15 is 0 Å². The predicted molar refractivity (Wildman–Crippen MR) is 126 cm³/mol. The maximum atomic E-state index is 12.6. The zero-order valence-electron chi connectivity index (χ0n) is 18.4. The molecule has 0 aliphatic heterocycles. The summed E-state index contributed by atoms with van der Waals surface area (Å²) in [7, 11) is 3.19. The van der Waals surface area contributed by atoms with Crippen LogP contribution in [0.4, 0.5) is 0 Å². The Hall–Kier alpha value is -4.33. The summed E-state index contributed by atoms with van der Waals surface area (Å²) in [6.45, 7) is 0.0655. The molecule has 33 heavy (non-hydrogen) atoms. The molecule has 1 aromatic heterocycles. The van der Waals surface area contributed by atoms with Gasteiger partial charge >= 0.3 is 0 Å². The van der Waals surface area contributed by atoms with Gasteiger partial charge < -0.3 is 19.1 Å². The van der Waals surface area contributed by atoms with E-state index in [9.17, 15) is 9.90 Å². The fourth-order valence-corrected chi connectivity index (χ4v) is 3.53. The van der Waals surface area contributed by atoms with Gasteiger partial charge in [-0.05, 0) is 59.7 Å². The molecular formula is C25H24N4O4. The molecule has 0 saturated heterocycles. The fourth-order valence-electron chi connectivity index (χ4n) is 3.53. The lowest BCUT2D eigenvalue weighted by atomic mass is 10.1. The van der Waals surface area contributed by atoms with Crippen molar-refractivity contribution in [3.8, 4) is 17.2 Å². The third kappa shape index (κ3) is 5.12. The number of hydrazone groups is 1. The van der Waals surface area contributed by atoms with Crippen molar-refractivity contribution in [3.05, 3.63) is 83.7 Å². The van der Waals surface area contributed by atoms with Gasteiger partial charge in [-0.25, -0.2) is 10.4 Å². The zero-order chi connectivity index (χ0) is 23.2. The molecule has 0 fully saturated rings. The minimum Gasteiger partial charge on any atom is -0.508 e. The van der Waals surface area contributed by atoms with Crippen LogP contribution in [-0.2, 0) is 17.8 Å². The monoisotopic (exact) mass is 444 g/mol. The number of ether oxygens (including phenoxy) is 2. The second-order valence-electron chi connectivity index (χ2n) is 7.35. The topological polar surface area (TPSA) is 98.0 Å². The Bertz CT molecular complexity index is 1300. The van der Waals surface area contributed by atoms with Gasteiger partial charge in [0.05, 0.1) is 31.5 Å². The number of methoxy groups -OCH3 is 2. The van der Waals surface area contributed by atoms with E-state index in [2.05, 4.69) is 10.5 Å². The first-order chi connectivity index (χ1) is 16.1. The molecule has 0 bridgehead atoms. The Balaban J connectivity index is 1.55. The van der Waals surface area contributed by atoms with E-state index in [1.807, 2.05) is 47.0 Å². The van der Waals surface area contributed by atoms with Crippen LogP contribution in [0.3, 0.4) is 0 Å². The average molecular weight is 444 g/mol. The lowest BCUT2D eigenvalue weighted by molar-refractivity contribution is -0.121. The number of carbonyl (C=O) groups excluding carboxylic acids is 1. The molecule has 0 unspecified atom stereocenters. The van der Waals surface area contributed by atoms with E-state index in [-0.39, 0.29) is 18.2 Å². The molecule has 168 valence electrons. The van der Waals surface area contributed by atoms with Crippen molar-refractivity contribution in [2.75, 3.05) is 14.2 Å². The minimum atomic E-state index is -0.276. The van der Waals surface area contributed by atoms with Crippen LogP contribution in [-0.4, -0.2) is 41.0 Å². The van der Waals surface area contributed by atoms with Crippen LogP contribution in [0.25, 0.3) is 11.0 Å². The highest BCUT2D eigenvalue weighted by atomic mass is 16.5. The average Bonchev–Trinajstić information content (AvgIpc) is 3.17. The van der Waals surface area contributed by atoms with Crippen molar-refractivity contribution in [2.45, 2.75) is 13.0 Å². The summed E-state index contributed by atoms with van der Waals surface area (Å²) in [5.74, 6) is 1.94. The largest absolute Gasteiger partial charge is 0.508 e. The summed E-state index contributed by atoms with van der Waals surface area (Å²) >= 11 is 0. The van der Waals surface area contributed by atoms with Gasteiger partial charge in [0.2, 0.25) is 0 Å². The van der Waals surface area contributed by atoms with Crippen molar-refractivity contribution in [3.63, 3.8) is 0 Å². The van der Waals surface area contributed by atoms with Crippen LogP contribution in [0.2, 0.25) is 0 Å². The molecule has 0 saturated carbocycles. The summed E-state index contributed by atoms with van der Waals surface area (Å²) in [5.41, 5.74) is 5.98. The number of amides is 1. The fraction of sp³-hybridized carbons (Fsp3) is 0.160. The second kappa shape index (κ2) is 9.86. The van der Waals surface area contributed by atoms with Gasteiger partial charge in [0.15, 0.2) is 11.5 Å². The third-order valence-corrected chi connectivity index (χ3v) is 5.14. The summed E-state index contributed by atoms with van der Waals surface area (Å²) in [6.07, 6.45) is 2.03. The van der Waals surface area contributed by atoms with Crippen LogP contribution in [0.5, 0.6) is 17.2 Å². The SMILES string of the molecule is COc1ccc(Cc2nc3ccccc3n2CC(=O)N/N=C/c2ccc(O)cc2)cc1OC. The third-order valence-electron chi connectivity index (χ3n) is 5.14. The molecule has 3 aromatic carbocycles. The van der Waals surface area contributed by atoms with Gasteiger partial charge in [-0.1, -0.05) is 18.2 Å². The molecule has 0 spiro atoms. The lowest BCUT2D eigenvalue weighted by Gasteiger charge is -2.11. The summed E-state index contributed by atoms with van der Waals surface area (Å²) in [6, 6.07) is 19.9. The van der Waals surface area contributed by atoms with Crippen LogP contribution in [0.1, 0.15) is 17.0 Å². The highest BCUT2D eigenvalue weighted by Crippen LogP contribution is 2.29. The van der Waals surface area contributed by atoms with Crippen LogP contribution >= 0.6 is 0 Å². The molecule has 4 aromatic rings. The lowest BCUT2D eigenvalue weighted by Crippen LogP contribution is -2.24. The number of phenolic OH excluding ortho intramolecular Hbond substituents is 1. The normalized spacial score (nSPS) is 11.1. The highest BCUT2D eigenvalue weighted by Gasteiger charge is 2.15. The number of fused-ring (bicyclic) bond motifs is 1. The van der Waals surface area contributed by atoms with Gasteiger partial charge in [0.25, 0.3) is 5.91 Å². The van der Waals surface area contributed by atoms with Crippen molar-refractivity contribution < 1.29 is 19.4 Å². The molecule has 8 nitrogen and oxygen atoms in total. The predicted octanol–water partition coefficient (Wildman–Crippen LogP) is 3.50. The number of aromatic hydroxyl groups is 1. The molecule has 2 N–H and O–H groups in total. The number of phenols is 1. The number of para-hydroxylation sites is 2. The van der Waals surface area contributed by atoms with Gasteiger partial charge in [0.1, 0.15) is 18.1 Å². The first-order valence-electron chi connectivity index (χ1n) is 10.3. The molecule has 1 amide bonds. The van der Waals surface area contributed by atoms with Crippen molar-refractivity contribution in [1.29, 1.82) is 0 Å². The summed E-state index contributed by atoms with van der Waals surface area (Å²) < 4.78 is 12.6. The number of hydrogen-bond donors (Lipinski definition) is 2. The van der Waals surface area contributed by atoms with Crippen molar-refractivity contribution >= 4 is 23.2 Å². The number of rotatable bonds is 8. The van der Waals surface area contributed by atoms with E-state index in [1.165, 1.54) is 6.21 Å². The quantitative estimate of drug-likeness (QED) is 0.320. The number of nitrogens with zero attached hydrogens (tertiary/aromatic N) is 3. The molecular weight excluding hydrogens is 420 g/mol. The van der Waals surface area contributed by atoms with E-state index in [0.29, 0.717) is 17.9 Å². The number of nitrogens with one attached hydrogen (secondary N) is 1. The molecule has 1 heterocycles. The second-order valence-corrected chi connectivity index (χ2v) is 7.35. The maximum Gasteiger partial charge on any atom is 0.260 e. The Morgan fingerprint density at radius 2 is 1.82 bits per heavy atom. The molecule has 0 atom stereocenters. The summed E-state index contributed by atoms with van der Waals surface area (Å²) in [4.78, 5) is 17.4. The standard InChI is InChI=1S/C25H24N4O4/c1-32-22-12-9-18(13-23(22)33-2)14-24-27-20-5-3-4-6-21(20)29(24)16-25(31)28-26-15-17-7-10-19(30)11-8-17/h3-13,15,30H,14,16H2,1-2H3,(H,28,31)/b26-15+. The highest BCUT2D eigenvalue weighted by molar-refractivity contribution is 5.84. The van der Waals surface area contributed by atoms with Crippen molar-refractivity contribution in [2.24, 2.45) is 5.10 Å². The number of carbonyl (C=O) groups is 1. The van der Waals surface area contributed by atoms with E-state index in [4.69, 9.17) is 14.5 Å². The summed E-state index contributed by atoms with van der Waals surface area (Å²) in [5, 5.41) is 13.4. The van der Waals surface area contributed by atoms with Crippen LogP contribution in [0.15, 0.2) is 71.8 Å². The zero-order valence-corrected chi connectivity index (χ0v) is 18.4. The molecule has 0 radical (unpaired) electrons. The first-order valence-corrected chi connectivity index (χ1v) is 10.3. The molecule has 0 aliphatic rings. The van der Waals surface area contributed by atoms with Gasteiger partial charge in [0, 0.05) is 6.42 Å². The maximum absolute atomic E-state index is 12.6. The number of benzene rings is 3. The Kier molecular flexibility index (Phi) is 6.54. The number of aromatic nitrogens is 2. The van der Waals surface area contributed by atoms with Gasteiger partial charge in [-0.15, -0.1) is 0 Å². The van der Waals surface area contributed by atoms with Crippen LogP contribution < -0.4 is 14.9 Å². The Labute approximate surface area is 191 Å². The minimum absolute atomic E-state index is 0.0655. The van der Waals surface area contributed by atoms with Gasteiger partial charge in [-0.3, -0.25) is 4.79 Å². The Morgan fingerprint density at radius 3 is 2.58 bits per heavy atom. The van der Waals surface area contributed by atoms with E-state index in [0.717, 1.165) is 28.0 Å². The van der Waals surface area contributed by atoms with Gasteiger partial charge in [-0.2, -0.15) is 5.10 Å². The molecule has 4 rings (SSSR count). The molecule has 8 heteroatoms. The Morgan fingerprint density at radius 1 is 1.06 bits per heavy atom. The molecule has 0 aliphatic carbocycles. The van der Waals surface area contributed by atoms with Crippen LogP contribution in [0, 0.1) is 0 Å². The number of imidazole rings is 1. The van der Waals surface area contributed by atoms with E-state index < -0.39 is 0 Å². The first kappa shape index (κ1) is 21.9. The number of hydrogen-bond acceptors (Lipinski definition) is 6. The smallest absolute Gasteiger partial charge is 0.260 e.